The number of hydrogen-bond acceptors (Lipinski definition) is 6. The highest BCUT2D eigenvalue weighted by Crippen LogP contribution is 2.24. The van der Waals surface area contributed by atoms with Crippen LogP contribution < -0.4 is 5.32 Å². The van der Waals surface area contributed by atoms with E-state index < -0.39 is 0 Å². The Kier molecular flexibility index (Phi) is 5.66. The van der Waals surface area contributed by atoms with Gasteiger partial charge in [0.15, 0.2) is 0 Å². The molecule has 0 spiro atoms. The van der Waals surface area contributed by atoms with E-state index in [0.29, 0.717) is 28.5 Å². The zero-order chi connectivity index (χ0) is 18.4. The molecule has 1 N–H and O–H groups in total. The maximum Gasteiger partial charge on any atom is 0.254 e. The molecule has 0 atom stereocenters. The van der Waals surface area contributed by atoms with Crippen LogP contribution in [0.4, 0.5) is 0 Å². The average molecular weight is 364 g/mol. The van der Waals surface area contributed by atoms with Gasteiger partial charge >= 0.3 is 0 Å². The fourth-order valence-corrected chi connectivity index (χ4v) is 3.21. The number of nitrogens with zero attached hydrogens (tertiary/aromatic N) is 3. The van der Waals surface area contributed by atoms with Gasteiger partial charge in [-0.3, -0.25) is 4.79 Å². The van der Waals surface area contributed by atoms with Crippen molar-refractivity contribution in [2.75, 3.05) is 0 Å². The Morgan fingerprint density at radius 3 is 2.96 bits per heavy atom. The maximum atomic E-state index is 12.5. The second-order valence-corrected chi connectivity index (χ2v) is 6.53. The summed E-state index contributed by atoms with van der Waals surface area (Å²) in [5.41, 5.74) is 2.75. The Balaban J connectivity index is 1.66. The largest absolute Gasteiger partial charge is 0.361 e. The first kappa shape index (κ1) is 17.7. The highest BCUT2D eigenvalue weighted by atomic mass is 32.2. The summed E-state index contributed by atoms with van der Waals surface area (Å²) >= 11 is 1.43. The number of nitrogens with one attached hydrogen (secondary N) is 1. The molecule has 1 aromatic carbocycles. The van der Waals surface area contributed by atoms with E-state index in [0.717, 1.165) is 17.0 Å². The molecule has 0 radical (unpaired) electrons. The Hall–Kier alpha value is -3.11. The number of rotatable bonds is 6. The molecule has 0 saturated heterocycles. The van der Waals surface area contributed by atoms with Crippen molar-refractivity contribution in [3.05, 3.63) is 76.8 Å². The van der Waals surface area contributed by atoms with Gasteiger partial charge in [0.2, 0.25) is 0 Å². The third-order valence-corrected chi connectivity index (χ3v) is 4.60. The third-order valence-electron chi connectivity index (χ3n) is 3.56. The molecule has 0 aliphatic carbocycles. The molecule has 130 valence electrons. The second-order valence-electron chi connectivity index (χ2n) is 5.57. The van der Waals surface area contributed by atoms with Crippen molar-refractivity contribution < 1.29 is 9.32 Å². The number of nitriles is 1. The normalized spacial score (nSPS) is 10.3. The molecule has 2 heterocycles. The number of thioether (sulfide) groups is 1. The number of benzene rings is 1. The van der Waals surface area contributed by atoms with E-state index in [2.05, 4.69) is 21.5 Å². The molecule has 3 rings (SSSR count). The first-order chi connectivity index (χ1) is 12.7. The van der Waals surface area contributed by atoms with E-state index in [-0.39, 0.29) is 5.91 Å². The Morgan fingerprint density at radius 2 is 2.19 bits per heavy atom. The second kappa shape index (κ2) is 8.32. The zero-order valence-corrected chi connectivity index (χ0v) is 14.9. The number of carbonyl (C=O) groups is 1. The van der Waals surface area contributed by atoms with E-state index in [9.17, 15) is 4.79 Å². The van der Waals surface area contributed by atoms with Crippen LogP contribution >= 0.6 is 11.8 Å². The summed E-state index contributed by atoms with van der Waals surface area (Å²) in [6.45, 7) is 2.18. The molecule has 2 aromatic heterocycles. The summed E-state index contributed by atoms with van der Waals surface area (Å²) in [7, 11) is 0. The van der Waals surface area contributed by atoms with Gasteiger partial charge in [-0.1, -0.05) is 29.1 Å². The van der Waals surface area contributed by atoms with Gasteiger partial charge in [0.05, 0.1) is 22.9 Å². The van der Waals surface area contributed by atoms with Crippen LogP contribution in [-0.2, 0) is 12.3 Å². The van der Waals surface area contributed by atoms with Crippen molar-refractivity contribution in [2.24, 2.45) is 0 Å². The van der Waals surface area contributed by atoms with Gasteiger partial charge in [-0.15, -0.1) is 0 Å². The van der Waals surface area contributed by atoms with Gasteiger partial charge < -0.3 is 9.84 Å². The van der Waals surface area contributed by atoms with Crippen LogP contribution in [0, 0.1) is 18.3 Å². The van der Waals surface area contributed by atoms with Crippen molar-refractivity contribution in [2.45, 2.75) is 24.2 Å². The number of hydrogen-bond donors (Lipinski definition) is 1. The molecule has 3 aromatic rings. The van der Waals surface area contributed by atoms with Crippen LogP contribution in [0.25, 0.3) is 0 Å². The van der Waals surface area contributed by atoms with Gasteiger partial charge in [-0.2, -0.15) is 5.26 Å². The van der Waals surface area contributed by atoms with Crippen LogP contribution in [0.15, 0.2) is 58.2 Å². The lowest BCUT2D eigenvalue weighted by Gasteiger charge is -2.09. The highest BCUT2D eigenvalue weighted by Gasteiger charge is 2.13. The molecule has 26 heavy (non-hydrogen) atoms. The molecule has 0 bridgehead atoms. The van der Waals surface area contributed by atoms with Crippen molar-refractivity contribution in [3.63, 3.8) is 0 Å². The minimum Gasteiger partial charge on any atom is -0.361 e. The number of pyridine rings is 1. The molecule has 6 nitrogen and oxygen atoms in total. The molecule has 0 unspecified atom stereocenters. The first-order valence-corrected chi connectivity index (χ1v) is 8.91. The highest BCUT2D eigenvalue weighted by molar-refractivity contribution is 7.98. The fraction of sp³-hybridized carbons (Fsp3) is 0.158. The summed E-state index contributed by atoms with van der Waals surface area (Å²) in [5, 5.41) is 16.4. The van der Waals surface area contributed by atoms with Gasteiger partial charge in [-0.25, -0.2) is 4.98 Å². The van der Waals surface area contributed by atoms with Crippen molar-refractivity contribution >= 4 is 17.7 Å². The molecule has 1 amide bonds. The standard InChI is InChI=1S/C19H16N4O2S/c1-13-8-16(23-25-13)12-26-19-17(6-3-7-21-19)18(24)22-11-15-5-2-4-14(9-15)10-20/h2-9H,11-12H2,1H3,(H,22,24). The van der Waals surface area contributed by atoms with Crippen molar-refractivity contribution in [3.8, 4) is 6.07 Å². The SMILES string of the molecule is Cc1cc(CSc2ncccc2C(=O)NCc2cccc(C#N)c2)no1. The van der Waals surface area contributed by atoms with Gasteiger partial charge in [0, 0.05) is 24.6 Å². The summed E-state index contributed by atoms with van der Waals surface area (Å²) in [5.74, 6) is 1.11. The van der Waals surface area contributed by atoms with Crippen LogP contribution in [0.5, 0.6) is 0 Å². The Morgan fingerprint density at radius 1 is 1.31 bits per heavy atom. The molecular formula is C19H16N4O2S. The third kappa shape index (κ3) is 4.49. The molecule has 0 aliphatic heterocycles. The van der Waals surface area contributed by atoms with E-state index >= 15 is 0 Å². The lowest BCUT2D eigenvalue weighted by molar-refractivity contribution is 0.0947. The van der Waals surface area contributed by atoms with E-state index in [4.69, 9.17) is 9.78 Å². The quantitative estimate of drug-likeness (QED) is 0.673. The van der Waals surface area contributed by atoms with E-state index in [1.807, 2.05) is 19.1 Å². The predicted octanol–water partition coefficient (Wildman–Crippen LogP) is 3.47. The molecule has 0 aliphatic rings. The number of aryl methyl sites for hydroxylation is 1. The van der Waals surface area contributed by atoms with Gasteiger partial charge in [0.25, 0.3) is 5.91 Å². The Bertz CT molecular complexity index is 962. The summed E-state index contributed by atoms with van der Waals surface area (Å²) < 4.78 is 5.05. The van der Waals surface area contributed by atoms with Crippen LogP contribution in [0.3, 0.4) is 0 Å². The number of carbonyl (C=O) groups excluding carboxylic acids is 1. The minimum absolute atomic E-state index is 0.209. The Labute approximate surface area is 155 Å². The van der Waals surface area contributed by atoms with E-state index in [1.54, 1.807) is 36.5 Å². The van der Waals surface area contributed by atoms with Crippen molar-refractivity contribution in [1.82, 2.24) is 15.5 Å². The minimum atomic E-state index is -0.209. The number of amides is 1. The van der Waals surface area contributed by atoms with Crippen LogP contribution in [-0.4, -0.2) is 16.0 Å². The fourth-order valence-electron chi connectivity index (χ4n) is 2.34. The monoisotopic (exact) mass is 364 g/mol. The van der Waals surface area contributed by atoms with E-state index in [1.165, 1.54) is 11.8 Å². The molecule has 0 saturated carbocycles. The topological polar surface area (TPSA) is 91.8 Å². The lowest BCUT2D eigenvalue weighted by Crippen LogP contribution is -2.23. The number of aromatic nitrogens is 2. The van der Waals surface area contributed by atoms with Gasteiger partial charge in [-0.05, 0) is 36.8 Å². The zero-order valence-electron chi connectivity index (χ0n) is 14.1. The lowest BCUT2D eigenvalue weighted by atomic mass is 10.1. The maximum absolute atomic E-state index is 12.5. The molecular weight excluding hydrogens is 348 g/mol. The van der Waals surface area contributed by atoms with Crippen LogP contribution in [0.2, 0.25) is 0 Å². The molecule has 7 heteroatoms. The van der Waals surface area contributed by atoms with Crippen LogP contribution in [0.1, 0.15) is 32.9 Å². The van der Waals surface area contributed by atoms with Crippen molar-refractivity contribution in [1.29, 1.82) is 5.26 Å². The summed E-state index contributed by atoms with van der Waals surface area (Å²) in [6, 6.07) is 14.6. The predicted molar refractivity (Wildman–Crippen MR) is 97.4 cm³/mol. The van der Waals surface area contributed by atoms with Gasteiger partial charge in [0.1, 0.15) is 10.8 Å². The molecule has 0 fully saturated rings. The first-order valence-electron chi connectivity index (χ1n) is 7.93. The smallest absolute Gasteiger partial charge is 0.254 e. The summed E-state index contributed by atoms with van der Waals surface area (Å²) in [4.78, 5) is 16.8. The average Bonchev–Trinajstić information content (AvgIpc) is 3.10. The summed E-state index contributed by atoms with van der Waals surface area (Å²) in [6.07, 6.45) is 1.66.